The topological polar surface area (TPSA) is 15.0 Å². The molecular weight excluding hydrogens is 324 g/mol. The van der Waals surface area contributed by atoms with Crippen LogP contribution in [0.2, 0.25) is 0 Å². The van der Waals surface area contributed by atoms with E-state index in [1.165, 1.54) is 44.1 Å². The Morgan fingerprint density at radius 1 is 0.880 bits per heavy atom. The fourth-order valence-electron chi connectivity index (χ4n) is 3.54. The molecule has 0 aromatic heterocycles. The molecule has 0 saturated carbocycles. The summed E-state index contributed by atoms with van der Waals surface area (Å²) in [7, 11) is 0. The molecule has 0 saturated heterocycles. The lowest BCUT2D eigenvalue weighted by atomic mass is 9.90. The van der Waals surface area contributed by atoms with Gasteiger partial charge < -0.3 is 0 Å². The van der Waals surface area contributed by atoms with Crippen LogP contribution in [0.15, 0.2) is 30.3 Å². The quantitative estimate of drug-likeness (QED) is 0.806. The van der Waals surface area contributed by atoms with Crippen LogP contribution in [-0.2, 0) is 12.3 Å². The van der Waals surface area contributed by atoms with E-state index in [-0.39, 0.29) is 0 Å². The number of hydrogen-bond donors (Lipinski definition) is 1. The first-order chi connectivity index (χ1) is 12.0. The van der Waals surface area contributed by atoms with Gasteiger partial charge in [0.25, 0.3) is 0 Å². The van der Waals surface area contributed by atoms with Gasteiger partial charge in [-0.25, -0.2) is 4.58 Å². The number of thioether (sulfide) groups is 1. The molecule has 0 radical (unpaired) electrons. The van der Waals surface area contributed by atoms with Crippen LogP contribution in [0.3, 0.4) is 0 Å². The number of benzene rings is 2. The molecule has 0 aliphatic carbocycles. The van der Waals surface area contributed by atoms with E-state index in [1.807, 2.05) is 11.8 Å². The molecule has 0 fully saturated rings. The lowest BCUT2D eigenvalue weighted by Crippen LogP contribution is -2.19. The minimum atomic E-state index is 0.986. The molecule has 1 aliphatic rings. The Balaban J connectivity index is 1.80. The van der Waals surface area contributed by atoms with E-state index in [0.29, 0.717) is 0 Å². The predicted octanol–water partition coefficient (Wildman–Crippen LogP) is 4.63. The summed E-state index contributed by atoms with van der Waals surface area (Å²) in [6, 6.07) is 10.7. The summed E-state index contributed by atoms with van der Waals surface area (Å²) in [5, 5.41) is 4.90. The number of nitrogens with one attached hydrogen (secondary N) is 1. The van der Waals surface area contributed by atoms with Gasteiger partial charge in [-0.05, 0) is 85.3 Å². The molecule has 132 valence electrons. The highest BCUT2D eigenvalue weighted by molar-refractivity contribution is 8.12. The third-order valence-corrected chi connectivity index (χ3v) is 6.78. The Morgan fingerprint density at radius 3 is 2.12 bits per heavy atom. The van der Waals surface area contributed by atoms with Gasteiger partial charge in [0.05, 0.1) is 0 Å². The van der Waals surface area contributed by atoms with Crippen LogP contribution in [0, 0.1) is 34.6 Å². The molecule has 2 aromatic rings. The van der Waals surface area contributed by atoms with Crippen molar-refractivity contribution in [1.82, 2.24) is 5.32 Å². The average Bonchev–Trinajstić information content (AvgIpc) is 3.06. The lowest BCUT2D eigenvalue weighted by Gasteiger charge is -2.18. The minimum absolute atomic E-state index is 0.986. The second-order valence-corrected chi connectivity index (χ2v) is 8.00. The van der Waals surface area contributed by atoms with Crippen molar-refractivity contribution in [2.24, 2.45) is 0 Å². The van der Waals surface area contributed by atoms with Gasteiger partial charge in [0, 0.05) is 5.75 Å². The second-order valence-electron chi connectivity index (χ2n) is 7.03. The molecule has 3 rings (SSSR count). The van der Waals surface area contributed by atoms with E-state index < -0.39 is 0 Å². The zero-order valence-electron chi connectivity index (χ0n) is 16.1. The maximum atomic E-state index is 3.58. The van der Waals surface area contributed by atoms with E-state index in [0.717, 1.165) is 25.4 Å². The predicted molar refractivity (Wildman–Crippen MR) is 110 cm³/mol. The molecule has 0 bridgehead atoms. The van der Waals surface area contributed by atoms with Crippen molar-refractivity contribution in [3.05, 3.63) is 69.3 Å². The van der Waals surface area contributed by atoms with Crippen molar-refractivity contribution >= 4 is 16.9 Å². The fourth-order valence-corrected chi connectivity index (χ4v) is 4.80. The molecule has 2 aromatic carbocycles. The summed E-state index contributed by atoms with van der Waals surface area (Å²) in [4.78, 5) is 0. The third-order valence-electron chi connectivity index (χ3n) is 5.67. The SMILES string of the molecule is Cc1c(C)c(C)c(CSC2=[N+](Cc3ccccc3)CCN2)c(C)c1C. The highest BCUT2D eigenvalue weighted by Gasteiger charge is 2.22. The van der Waals surface area contributed by atoms with E-state index in [2.05, 4.69) is 74.8 Å². The van der Waals surface area contributed by atoms with Gasteiger partial charge in [0.2, 0.25) is 0 Å². The standard InChI is InChI=1S/C22H28N2S/c1-15-16(2)18(4)21(19(5)17(15)3)14-25-22-23-11-12-24(22)13-20-9-7-6-8-10-20/h6-10H,11-14H2,1-5H3/p+1. The van der Waals surface area contributed by atoms with Gasteiger partial charge in [-0.1, -0.05) is 30.3 Å². The van der Waals surface area contributed by atoms with Crippen LogP contribution < -0.4 is 5.32 Å². The maximum absolute atomic E-state index is 3.58. The smallest absolute Gasteiger partial charge is 0.265 e. The van der Waals surface area contributed by atoms with Crippen molar-refractivity contribution in [3.63, 3.8) is 0 Å². The van der Waals surface area contributed by atoms with Crippen molar-refractivity contribution in [1.29, 1.82) is 0 Å². The van der Waals surface area contributed by atoms with Crippen LogP contribution in [0.5, 0.6) is 0 Å². The summed E-state index contributed by atoms with van der Waals surface area (Å²) in [6.07, 6.45) is 0. The maximum Gasteiger partial charge on any atom is 0.307 e. The molecule has 0 spiro atoms. The van der Waals surface area contributed by atoms with Crippen molar-refractivity contribution in [2.45, 2.75) is 46.9 Å². The molecule has 1 heterocycles. The minimum Gasteiger partial charge on any atom is -0.265 e. The highest BCUT2D eigenvalue weighted by atomic mass is 32.2. The molecule has 2 nitrogen and oxygen atoms in total. The number of nitrogens with zero attached hydrogens (tertiary/aromatic N) is 1. The number of rotatable bonds is 4. The summed E-state index contributed by atoms with van der Waals surface area (Å²) in [6.45, 7) is 14.4. The molecule has 25 heavy (non-hydrogen) atoms. The molecule has 0 unspecified atom stereocenters. The normalized spacial score (nSPS) is 14.1. The summed E-state index contributed by atoms with van der Waals surface area (Å²) >= 11 is 1.95. The van der Waals surface area contributed by atoms with Crippen LogP contribution in [0.1, 0.15) is 38.9 Å². The monoisotopic (exact) mass is 353 g/mol. The molecule has 1 N–H and O–H groups in total. The number of amidine groups is 1. The van der Waals surface area contributed by atoms with Crippen LogP contribution in [0.4, 0.5) is 0 Å². The molecule has 0 amide bonds. The third kappa shape index (κ3) is 3.77. The Kier molecular flexibility index (Phi) is 5.53. The van der Waals surface area contributed by atoms with Crippen LogP contribution in [-0.4, -0.2) is 22.8 Å². The molecular formula is C22H29N2S+. The van der Waals surface area contributed by atoms with E-state index in [4.69, 9.17) is 0 Å². The summed E-state index contributed by atoms with van der Waals surface area (Å²) in [5.74, 6) is 1.03. The first-order valence-electron chi connectivity index (χ1n) is 9.07. The van der Waals surface area contributed by atoms with Gasteiger partial charge in [0.1, 0.15) is 19.6 Å². The van der Waals surface area contributed by atoms with Gasteiger partial charge in [-0.3, -0.25) is 5.32 Å². The van der Waals surface area contributed by atoms with E-state index in [9.17, 15) is 0 Å². The van der Waals surface area contributed by atoms with Crippen molar-refractivity contribution in [3.8, 4) is 0 Å². The van der Waals surface area contributed by atoms with Gasteiger partial charge in [-0.2, -0.15) is 0 Å². The molecule has 0 atom stereocenters. The zero-order valence-corrected chi connectivity index (χ0v) is 16.9. The van der Waals surface area contributed by atoms with Crippen molar-refractivity contribution < 1.29 is 4.58 Å². The van der Waals surface area contributed by atoms with Crippen LogP contribution >= 0.6 is 11.8 Å². The highest BCUT2D eigenvalue weighted by Crippen LogP contribution is 2.29. The van der Waals surface area contributed by atoms with Gasteiger partial charge in [0.15, 0.2) is 0 Å². The number of hydrogen-bond acceptors (Lipinski definition) is 2. The Labute approximate surface area is 156 Å². The molecule has 3 heteroatoms. The Morgan fingerprint density at radius 2 is 1.48 bits per heavy atom. The summed E-state index contributed by atoms with van der Waals surface area (Å²) in [5.41, 5.74) is 10.1. The van der Waals surface area contributed by atoms with Gasteiger partial charge in [-0.15, -0.1) is 0 Å². The largest absolute Gasteiger partial charge is 0.307 e. The average molecular weight is 354 g/mol. The Bertz CT molecular complexity index is 778. The van der Waals surface area contributed by atoms with Gasteiger partial charge >= 0.3 is 5.17 Å². The molecule has 1 aliphatic heterocycles. The first-order valence-corrected chi connectivity index (χ1v) is 10.1. The lowest BCUT2D eigenvalue weighted by molar-refractivity contribution is -0.531. The van der Waals surface area contributed by atoms with E-state index >= 15 is 0 Å². The Hall–Kier alpha value is -1.74. The second kappa shape index (κ2) is 7.65. The fraction of sp³-hybridized carbons (Fsp3) is 0.409. The van der Waals surface area contributed by atoms with Crippen molar-refractivity contribution in [2.75, 3.05) is 13.1 Å². The summed E-state index contributed by atoms with van der Waals surface area (Å²) < 4.78 is 2.47. The zero-order chi connectivity index (χ0) is 18.0. The van der Waals surface area contributed by atoms with E-state index in [1.54, 1.807) is 0 Å². The first kappa shape index (κ1) is 18.1. The van der Waals surface area contributed by atoms with Crippen LogP contribution in [0.25, 0.3) is 0 Å².